The summed E-state index contributed by atoms with van der Waals surface area (Å²) in [6.45, 7) is 5.30. The van der Waals surface area contributed by atoms with Gasteiger partial charge in [0, 0.05) is 24.3 Å². The number of benzene rings is 2. The standard InChI is InChI=1S/C22H20N4O2/c1-16-2-6-18(7-3-16)21-24-22(28-25-21)19(15-23)14-17-4-8-20(9-5-17)26-10-12-27-13-11-26/h2-9,14H,10-13H2,1H3. The summed E-state index contributed by atoms with van der Waals surface area (Å²) in [6.07, 6.45) is 1.76. The van der Waals surface area contributed by atoms with Crippen LogP contribution in [0.25, 0.3) is 23.0 Å². The number of hydrogen-bond donors (Lipinski definition) is 0. The van der Waals surface area contributed by atoms with Crippen LogP contribution in [-0.2, 0) is 4.74 Å². The third kappa shape index (κ3) is 3.95. The Labute approximate surface area is 163 Å². The van der Waals surface area contributed by atoms with Crippen LogP contribution in [0.5, 0.6) is 0 Å². The summed E-state index contributed by atoms with van der Waals surface area (Å²) in [5.41, 5.74) is 4.41. The van der Waals surface area contributed by atoms with E-state index in [0.29, 0.717) is 11.4 Å². The highest BCUT2D eigenvalue weighted by Gasteiger charge is 2.14. The number of aromatic nitrogens is 2. The van der Waals surface area contributed by atoms with E-state index in [1.165, 1.54) is 0 Å². The fraction of sp³-hybridized carbons (Fsp3) is 0.227. The van der Waals surface area contributed by atoms with Crippen LogP contribution in [0.4, 0.5) is 5.69 Å². The van der Waals surface area contributed by atoms with Gasteiger partial charge in [-0.3, -0.25) is 0 Å². The molecule has 0 saturated carbocycles. The van der Waals surface area contributed by atoms with Gasteiger partial charge in [0.25, 0.3) is 5.89 Å². The van der Waals surface area contributed by atoms with Gasteiger partial charge in [-0.1, -0.05) is 47.1 Å². The zero-order valence-electron chi connectivity index (χ0n) is 15.6. The van der Waals surface area contributed by atoms with Gasteiger partial charge < -0.3 is 14.2 Å². The average Bonchev–Trinajstić information content (AvgIpc) is 3.23. The number of nitrogens with zero attached hydrogens (tertiary/aromatic N) is 4. The van der Waals surface area contributed by atoms with E-state index in [4.69, 9.17) is 9.26 Å². The molecule has 6 nitrogen and oxygen atoms in total. The molecule has 1 fully saturated rings. The quantitative estimate of drug-likeness (QED) is 0.646. The van der Waals surface area contributed by atoms with Crippen LogP contribution < -0.4 is 4.90 Å². The maximum atomic E-state index is 9.55. The fourth-order valence-electron chi connectivity index (χ4n) is 3.06. The molecule has 1 aliphatic rings. The molecular weight excluding hydrogens is 352 g/mol. The molecule has 6 heteroatoms. The van der Waals surface area contributed by atoms with Crippen LogP contribution in [0, 0.1) is 18.3 Å². The number of anilines is 1. The zero-order valence-corrected chi connectivity index (χ0v) is 15.6. The van der Waals surface area contributed by atoms with Crippen LogP contribution in [0.1, 0.15) is 17.0 Å². The highest BCUT2D eigenvalue weighted by Crippen LogP contribution is 2.23. The predicted molar refractivity (Wildman–Crippen MR) is 107 cm³/mol. The maximum Gasteiger partial charge on any atom is 0.268 e. The normalized spacial score (nSPS) is 14.7. The molecule has 0 N–H and O–H groups in total. The van der Waals surface area contributed by atoms with Crippen molar-refractivity contribution in [1.29, 1.82) is 5.26 Å². The van der Waals surface area contributed by atoms with Gasteiger partial charge in [0.15, 0.2) is 0 Å². The van der Waals surface area contributed by atoms with Crippen LogP contribution in [0.15, 0.2) is 53.1 Å². The Morgan fingerprint density at radius 1 is 1.07 bits per heavy atom. The summed E-state index contributed by atoms with van der Waals surface area (Å²) in [5, 5.41) is 13.6. The topological polar surface area (TPSA) is 75.2 Å². The van der Waals surface area contributed by atoms with Crippen molar-refractivity contribution in [1.82, 2.24) is 10.1 Å². The molecule has 4 rings (SSSR count). The Balaban J connectivity index is 1.54. The van der Waals surface area contributed by atoms with E-state index in [2.05, 4.69) is 33.2 Å². The minimum absolute atomic E-state index is 0.218. The van der Waals surface area contributed by atoms with Crippen LogP contribution in [0.3, 0.4) is 0 Å². The van der Waals surface area contributed by atoms with Crippen molar-refractivity contribution in [2.24, 2.45) is 0 Å². The molecule has 3 aromatic rings. The van der Waals surface area contributed by atoms with Crippen LogP contribution in [0.2, 0.25) is 0 Å². The molecule has 0 bridgehead atoms. The molecule has 2 aromatic carbocycles. The minimum atomic E-state index is 0.218. The molecular formula is C22H20N4O2. The molecule has 140 valence electrons. The van der Waals surface area contributed by atoms with Crippen molar-refractivity contribution in [3.63, 3.8) is 0 Å². The molecule has 1 aromatic heterocycles. The largest absolute Gasteiger partial charge is 0.378 e. The molecule has 0 amide bonds. The molecule has 2 heterocycles. The van der Waals surface area contributed by atoms with Gasteiger partial charge in [-0.15, -0.1) is 0 Å². The molecule has 0 atom stereocenters. The van der Waals surface area contributed by atoms with Gasteiger partial charge >= 0.3 is 0 Å². The van der Waals surface area contributed by atoms with Gasteiger partial charge in [0.05, 0.1) is 13.2 Å². The number of rotatable bonds is 4. The number of hydrogen-bond acceptors (Lipinski definition) is 6. The molecule has 1 saturated heterocycles. The first-order chi connectivity index (χ1) is 13.7. The second-order valence-electron chi connectivity index (χ2n) is 6.65. The van der Waals surface area contributed by atoms with E-state index in [1.54, 1.807) is 6.08 Å². The molecule has 0 unspecified atom stereocenters. The highest BCUT2D eigenvalue weighted by atomic mass is 16.5. The summed E-state index contributed by atoms with van der Waals surface area (Å²) in [5.74, 6) is 0.689. The lowest BCUT2D eigenvalue weighted by atomic mass is 10.1. The second-order valence-corrected chi connectivity index (χ2v) is 6.65. The predicted octanol–water partition coefficient (Wildman–Crippen LogP) is 3.95. The van der Waals surface area contributed by atoms with Crippen molar-refractivity contribution < 1.29 is 9.26 Å². The molecule has 28 heavy (non-hydrogen) atoms. The zero-order chi connectivity index (χ0) is 19.3. The summed E-state index contributed by atoms with van der Waals surface area (Å²) in [4.78, 5) is 6.66. The fourth-order valence-corrected chi connectivity index (χ4v) is 3.06. The third-order valence-corrected chi connectivity index (χ3v) is 4.67. The molecule has 1 aliphatic heterocycles. The summed E-state index contributed by atoms with van der Waals surface area (Å²) < 4.78 is 10.7. The number of nitriles is 1. The van der Waals surface area contributed by atoms with Gasteiger partial charge in [0.2, 0.25) is 5.82 Å². The second kappa shape index (κ2) is 8.07. The van der Waals surface area contributed by atoms with E-state index in [9.17, 15) is 5.26 Å². The van der Waals surface area contributed by atoms with Crippen molar-refractivity contribution >= 4 is 17.3 Å². The monoisotopic (exact) mass is 372 g/mol. The van der Waals surface area contributed by atoms with Crippen molar-refractivity contribution in [2.45, 2.75) is 6.92 Å². The number of ether oxygens (including phenoxy) is 1. The Morgan fingerprint density at radius 3 is 2.46 bits per heavy atom. The lowest BCUT2D eigenvalue weighted by molar-refractivity contribution is 0.122. The number of allylic oxidation sites excluding steroid dienone is 1. The Bertz CT molecular complexity index is 1010. The van der Waals surface area contributed by atoms with Crippen molar-refractivity contribution in [2.75, 3.05) is 31.2 Å². The first-order valence-electron chi connectivity index (χ1n) is 9.18. The lowest BCUT2D eigenvalue weighted by Crippen LogP contribution is -2.36. The summed E-state index contributed by atoms with van der Waals surface area (Å²) in [6, 6.07) is 18.1. The highest BCUT2D eigenvalue weighted by molar-refractivity contribution is 5.87. The van der Waals surface area contributed by atoms with Crippen molar-refractivity contribution in [3.8, 4) is 17.5 Å². The number of aryl methyl sites for hydroxylation is 1. The summed E-state index contributed by atoms with van der Waals surface area (Å²) in [7, 11) is 0. The number of morpholine rings is 1. The summed E-state index contributed by atoms with van der Waals surface area (Å²) >= 11 is 0. The Hall–Kier alpha value is -3.43. The third-order valence-electron chi connectivity index (χ3n) is 4.67. The first-order valence-corrected chi connectivity index (χ1v) is 9.18. The maximum absolute atomic E-state index is 9.55. The van der Waals surface area contributed by atoms with Gasteiger partial charge in [-0.25, -0.2) is 0 Å². The van der Waals surface area contributed by atoms with Gasteiger partial charge in [-0.2, -0.15) is 10.2 Å². The van der Waals surface area contributed by atoms with E-state index in [0.717, 1.165) is 48.7 Å². The van der Waals surface area contributed by atoms with E-state index in [1.807, 2.05) is 43.3 Å². The van der Waals surface area contributed by atoms with E-state index >= 15 is 0 Å². The SMILES string of the molecule is Cc1ccc(-c2noc(C(C#N)=Cc3ccc(N4CCOCC4)cc3)n2)cc1. The van der Waals surface area contributed by atoms with E-state index in [-0.39, 0.29) is 5.89 Å². The molecule has 0 radical (unpaired) electrons. The van der Waals surface area contributed by atoms with Gasteiger partial charge in [-0.05, 0) is 30.7 Å². The van der Waals surface area contributed by atoms with Crippen LogP contribution >= 0.6 is 0 Å². The van der Waals surface area contributed by atoms with Crippen LogP contribution in [-0.4, -0.2) is 36.4 Å². The van der Waals surface area contributed by atoms with Gasteiger partial charge in [0.1, 0.15) is 11.6 Å². The Kier molecular flexibility index (Phi) is 5.18. The minimum Gasteiger partial charge on any atom is -0.378 e. The smallest absolute Gasteiger partial charge is 0.268 e. The lowest BCUT2D eigenvalue weighted by Gasteiger charge is -2.28. The average molecular weight is 372 g/mol. The molecule has 0 aliphatic carbocycles. The Morgan fingerprint density at radius 2 is 1.79 bits per heavy atom. The first kappa shape index (κ1) is 18.0. The van der Waals surface area contributed by atoms with Crippen molar-refractivity contribution in [3.05, 3.63) is 65.5 Å². The molecule has 0 spiro atoms. The van der Waals surface area contributed by atoms with E-state index < -0.39 is 0 Å².